The number of methoxy groups -OCH3 is 1. The van der Waals surface area contributed by atoms with Crippen molar-refractivity contribution in [3.05, 3.63) is 66.2 Å². The Labute approximate surface area is 239 Å². The van der Waals surface area contributed by atoms with Crippen molar-refractivity contribution in [1.82, 2.24) is 10.2 Å². The summed E-state index contributed by atoms with van der Waals surface area (Å²) in [5.74, 6) is 0.0635. The zero-order valence-electron chi connectivity index (χ0n) is 25.0. The fourth-order valence-corrected chi connectivity index (χ4v) is 4.25. The van der Waals surface area contributed by atoms with Crippen molar-refractivity contribution in [1.29, 1.82) is 0 Å². The third kappa shape index (κ3) is 10.1. The fraction of sp³-hybridized carbons (Fsp3) is 0.469. The van der Waals surface area contributed by atoms with Gasteiger partial charge < -0.3 is 25.0 Å². The van der Waals surface area contributed by atoms with Crippen LogP contribution in [0.2, 0.25) is 0 Å². The van der Waals surface area contributed by atoms with Gasteiger partial charge in [0.15, 0.2) is 0 Å². The SMILES string of the molecule is C=Cc1cccc(C(C(=O)Nc2ccc(OC)cc2)N(CCCC)C(=O)C(CC(C)C)NC(=O)OC(C)(C)C)c1. The van der Waals surface area contributed by atoms with Gasteiger partial charge in [-0.25, -0.2) is 4.79 Å². The van der Waals surface area contributed by atoms with Crippen LogP contribution in [0.5, 0.6) is 5.75 Å². The quantitative estimate of drug-likeness (QED) is 0.293. The second-order valence-electron chi connectivity index (χ2n) is 11.2. The Kier molecular flexibility index (Phi) is 12.2. The third-order valence-corrected chi connectivity index (χ3v) is 6.11. The van der Waals surface area contributed by atoms with Crippen LogP contribution in [0.1, 0.15) is 78.0 Å². The average molecular weight is 552 g/mol. The molecule has 2 aromatic carbocycles. The number of nitrogens with one attached hydrogen (secondary N) is 2. The molecular weight excluding hydrogens is 506 g/mol. The van der Waals surface area contributed by atoms with Crippen LogP contribution >= 0.6 is 0 Å². The highest BCUT2D eigenvalue weighted by Crippen LogP contribution is 2.27. The van der Waals surface area contributed by atoms with Gasteiger partial charge in [0.25, 0.3) is 5.91 Å². The third-order valence-electron chi connectivity index (χ3n) is 6.11. The lowest BCUT2D eigenvalue weighted by molar-refractivity contribution is -0.141. The lowest BCUT2D eigenvalue weighted by Crippen LogP contribution is -2.53. The van der Waals surface area contributed by atoms with Gasteiger partial charge in [0.2, 0.25) is 5.91 Å². The predicted molar refractivity (Wildman–Crippen MR) is 160 cm³/mol. The first kappa shape index (κ1) is 32.4. The second kappa shape index (κ2) is 15.1. The van der Waals surface area contributed by atoms with Crippen molar-refractivity contribution in [3.8, 4) is 5.75 Å². The van der Waals surface area contributed by atoms with Crippen LogP contribution < -0.4 is 15.4 Å². The minimum absolute atomic E-state index is 0.104. The molecule has 0 fully saturated rings. The Hall–Kier alpha value is -3.81. The van der Waals surface area contributed by atoms with Gasteiger partial charge in [-0.1, -0.05) is 58.0 Å². The Bertz CT molecular complexity index is 1140. The van der Waals surface area contributed by atoms with E-state index in [4.69, 9.17) is 9.47 Å². The molecule has 2 unspecified atom stereocenters. The Morgan fingerprint density at radius 2 is 1.75 bits per heavy atom. The first-order chi connectivity index (χ1) is 18.9. The van der Waals surface area contributed by atoms with E-state index in [9.17, 15) is 14.4 Å². The number of alkyl carbamates (subject to hydrolysis) is 1. The molecule has 3 amide bonds. The molecule has 0 spiro atoms. The van der Waals surface area contributed by atoms with E-state index >= 15 is 0 Å². The fourth-order valence-electron chi connectivity index (χ4n) is 4.25. The summed E-state index contributed by atoms with van der Waals surface area (Å²) in [5, 5.41) is 5.74. The molecule has 0 aliphatic carbocycles. The number of anilines is 1. The summed E-state index contributed by atoms with van der Waals surface area (Å²) in [5.41, 5.74) is 1.33. The van der Waals surface area contributed by atoms with Gasteiger partial charge in [0, 0.05) is 12.2 Å². The molecule has 0 heterocycles. The maximum Gasteiger partial charge on any atom is 0.408 e. The summed E-state index contributed by atoms with van der Waals surface area (Å²) < 4.78 is 10.7. The standard InChI is InChI=1S/C32H45N3O5/c1-9-11-19-35(30(37)27(20-22(3)4)34-31(38)40-32(5,6)7)28(24-14-12-13-23(10-2)21-24)29(36)33-25-15-17-26(39-8)18-16-25/h10,12-18,21-22,27-28H,2,9,11,19-20H2,1,3-8H3,(H,33,36)(H,34,38). The van der Waals surface area contributed by atoms with Crippen LogP contribution in [-0.2, 0) is 14.3 Å². The number of unbranched alkanes of at least 4 members (excludes halogenated alkanes) is 1. The number of ether oxygens (including phenoxy) is 2. The maximum absolute atomic E-state index is 14.2. The van der Waals surface area contributed by atoms with Crippen molar-refractivity contribution in [2.45, 2.75) is 78.5 Å². The van der Waals surface area contributed by atoms with Gasteiger partial charge in [-0.05, 0) is 81.0 Å². The zero-order chi connectivity index (χ0) is 29.9. The van der Waals surface area contributed by atoms with Crippen molar-refractivity contribution in [2.24, 2.45) is 5.92 Å². The summed E-state index contributed by atoms with van der Waals surface area (Å²) in [4.78, 5) is 42.5. The van der Waals surface area contributed by atoms with Crippen LogP contribution in [0, 0.1) is 5.92 Å². The van der Waals surface area contributed by atoms with E-state index in [0.29, 0.717) is 36.4 Å². The van der Waals surface area contributed by atoms with Crippen LogP contribution in [0.15, 0.2) is 55.1 Å². The lowest BCUT2D eigenvalue weighted by atomic mass is 9.97. The van der Waals surface area contributed by atoms with E-state index in [2.05, 4.69) is 17.2 Å². The lowest BCUT2D eigenvalue weighted by Gasteiger charge is -2.35. The molecule has 0 aliphatic rings. The average Bonchev–Trinajstić information content (AvgIpc) is 2.89. The van der Waals surface area contributed by atoms with E-state index in [0.717, 1.165) is 12.0 Å². The first-order valence-electron chi connectivity index (χ1n) is 13.9. The minimum atomic E-state index is -0.948. The topological polar surface area (TPSA) is 97.0 Å². The summed E-state index contributed by atoms with van der Waals surface area (Å²) in [6, 6.07) is 12.6. The van der Waals surface area contributed by atoms with Crippen LogP contribution in [0.3, 0.4) is 0 Å². The molecule has 0 saturated carbocycles. The van der Waals surface area contributed by atoms with E-state index < -0.39 is 23.8 Å². The highest BCUT2D eigenvalue weighted by molar-refractivity contribution is 5.99. The van der Waals surface area contributed by atoms with Crippen molar-refractivity contribution in [3.63, 3.8) is 0 Å². The van der Waals surface area contributed by atoms with Crippen molar-refractivity contribution < 1.29 is 23.9 Å². The monoisotopic (exact) mass is 551 g/mol. The van der Waals surface area contributed by atoms with Gasteiger partial charge in [-0.15, -0.1) is 0 Å². The molecule has 0 radical (unpaired) electrons. The van der Waals surface area contributed by atoms with Gasteiger partial charge in [0.1, 0.15) is 23.4 Å². The number of hydrogen-bond donors (Lipinski definition) is 2. The molecule has 2 rings (SSSR count). The number of hydrogen-bond acceptors (Lipinski definition) is 5. The van der Waals surface area contributed by atoms with Crippen LogP contribution in [0.25, 0.3) is 6.08 Å². The minimum Gasteiger partial charge on any atom is -0.497 e. The van der Waals surface area contributed by atoms with E-state index in [-0.39, 0.29) is 17.7 Å². The number of benzene rings is 2. The van der Waals surface area contributed by atoms with E-state index in [1.807, 2.05) is 45.0 Å². The van der Waals surface area contributed by atoms with Gasteiger partial charge in [-0.3, -0.25) is 9.59 Å². The van der Waals surface area contributed by atoms with Gasteiger partial charge in [0.05, 0.1) is 7.11 Å². The summed E-state index contributed by atoms with van der Waals surface area (Å²) in [6.45, 7) is 15.5. The Morgan fingerprint density at radius 1 is 1.07 bits per heavy atom. The number of rotatable bonds is 13. The van der Waals surface area contributed by atoms with Gasteiger partial charge in [-0.2, -0.15) is 0 Å². The molecule has 8 nitrogen and oxygen atoms in total. The Balaban J connectivity index is 2.54. The molecule has 0 aromatic heterocycles. The Morgan fingerprint density at radius 3 is 2.30 bits per heavy atom. The largest absolute Gasteiger partial charge is 0.497 e. The first-order valence-corrected chi connectivity index (χ1v) is 13.9. The molecule has 0 bridgehead atoms. The van der Waals surface area contributed by atoms with Crippen molar-refractivity contribution >= 4 is 29.7 Å². The molecular formula is C32H45N3O5. The predicted octanol–water partition coefficient (Wildman–Crippen LogP) is 6.59. The van der Waals surface area contributed by atoms with Crippen LogP contribution in [-0.4, -0.2) is 48.1 Å². The van der Waals surface area contributed by atoms with Crippen molar-refractivity contribution in [2.75, 3.05) is 19.0 Å². The second-order valence-corrected chi connectivity index (χ2v) is 11.2. The number of amides is 3. The number of carbonyl (C=O) groups is 3. The number of carbonyl (C=O) groups excluding carboxylic acids is 3. The smallest absolute Gasteiger partial charge is 0.408 e. The molecule has 218 valence electrons. The van der Waals surface area contributed by atoms with Gasteiger partial charge >= 0.3 is 6.09 Å². The maximum atomic E-state index is 14.2. The molecule has 2 aromatic rings. The molecule has 0 aliphatic heterocycles. The normalized spacial score (nSPS) is 12.7. The molecule has 2 N–H and O–H groups in total. The molecule has 2 atom stereocenters. The summed E-state index contributed by atoms with van der Waals surface area (Å²) >= 11 is 0. The molecule has 40 heavy (non-hydrogen) atoms. The molecule has 8 heteroatoms. The molecule has 0 saturated heterocycles. The van der Waals surface area contributed by atoms with E-state index in [1.54, 1.807) is 63.1 Å². The summed E-state index contributed by atoms with van der Waals surface area (Å²) in [7, 11) is 1.58. The zero-order valence-corrected chi connectivity index (χ0v) is 25.0. The highest BCUT2D eigenvalue weighted by Gasteiger charge is 2.36. The van der Waals surface area contributed by atoms with E-state index in [1.165, 1.54) is 0 Å². The highest BCUT2D eigenvalue weighted by atomic mass is 16.6. The summed E-state index contributed by atoms with van der Waals surface area (Å²) in [6.07, 6.45) is 2.92. The number of nitrogens with zero attached hydrogens (tertiary/aromatic N) is 1. The van der Waals surface area contributed by atoms with Crippen LogP contribution in [0.4, 0.5) is 10.5 Å².